The van der Waals surface area contributed by atoms with Gasteiger partial charge in [0.05, 0.1) is 17.4 Å². The van der Waals surface area contributed by atoms with Gasteiger partial charge in [-0.15, -0.1) is 0 Å². The maximum atomic E-state index is 11.9. The minimum absolute atomic E-state index is 0.0320. The summed E-state index contributed by atoms with van der Waals surface area (Å²) < 4.78 is 22.7. The molecule has 2 fully saturated rings. The maximum Gasteiger partial charge on any atom is 0.244 e. The Hall–Kier alpha value is -0.910. The summed E-state index contributed by atoms with van der Waals surface area (Å²) in [5.74, 6) is 0.115. The van der Waals surface area contributed by atoms with Crippen LogP contribution in [0.3, 0.4) is 0 Å². The molecule has 0 aromatic carbocycles. The molecule has 2 rings (SSSR count). The smallest absolute Gasteiger partial charge is 0.244 e. The molecular weight excluding hydrogens is 288 g/mol. The lowest BCUT2D eigenvalue weighted by atomic mass is 9.72. The predicted molar refractivity (Wildman–Crippen MR) is 83.8 cm³/mol. The van der Waals surface area contributed by atoms with Crippen LogP contribution in [0.2, 0.25) is 0 Å². The van der Waals surface area contributed by atoms with Crippen molar-refractivity contribution in [1.82, 2.24) is 5.43 Å². The van der Waals surface area contributed by atoms with E-state index in [2.05, 4.69) is 31.3 Å². The summed E-state index contributed by atoms with van der Waals surface area (Å²) in [6, 6.07) is 0. The Morgan fingerprint density at radius 1 is 1.19 bits per heavy atom. The van der Waals surface area contributed by atoms with E-state index in [1.54, 1.807) is 0 Å². The predicted octanol–water partition coefficient (Wildman–Crippen LogP) is 2.13. The van der Waals surface area contributed by atoms with Gasteiger partial charge in [0.1, 0.15) is 0 Å². The lowest BCUT2D eigenvalue weighted by molar-refractivity contribution is -0.124. The van der Waals surface area contributed by atoms with Crippen LogP contribution < -0.4 is 5.43 Å². The molecule has 1 aliphatic carbocycles. The number of nitrogens with one attached hydrogen (secondary N) is 1. The van der Waals surface area contributed by atoms with Crippen LogP contribution in [0.15, 0.2) is 5.10 Å². The molecule has 0 radical (unpaired) electrons. The largest absolute Gasteiger partial charge is 0.273 e. The molecule has 1 heterocycles. The first-order valence-electron chi connectivity index (χ1n) is 7.73. The van der Waals surface area contributed by atoms with Crippen molar-refractivity contribution in [2.75, 3.05) is 11.5 Å². The van der Waals surface area contributed by atoms with Gasteiger partial charge in [0.25, 0.3) is 0 Å². The Bertz CT molecular complexity index is 522. The highest BCUT2D eigenvalue weighted by Crippen LogP contribution is 2.36. The number of amides is 1. The Morgan fingerprint density at radius 2 is 1.81 bits per heavy atom. The van der Waals surface area contributed by atoms with Crippen LogP contribution in [0.25, 0.3) is 0 Å². The number of hydrogen-bond acceptors (Lipinski definition) is 4. The molecule has 5 nitrogen and oxygen atoms in total. The van der Waals surface area contributed by atoms with Crippen molar-refractivity contribution in [3.63, 3.8) is 0 Å². The zero-order chi connectivity index (χ0) is 15.7. The molecule has 1 saturated heterocycles. The van der Waals surface area contributed by atoms with Gasteiger partial charge >= 0.3 is 0 Å². The van der Waals surface area contributed by atoms with Gasteiger partial charge in [-0.3, -0.25) is 4.79 Å². The molecule has 21 heavy (non-hydrogen) atoms. The number of carbonyl (C=O) groups excluding carboxylic acids is 1. The van der Waals surface area contributed by atoms with E-state index in [0.29, 0.717) is 17.8 Å². The third-order valence-corrected chi connectivity index (χ3v) is 6.48. The highest BCUT2D eigenvalue weighted by Gasteiger charge is 2.33. The molecule has 0 aromatic rings. The fourth-order valence-corrected chi connectivity index (χ4v) is 4.90. The van der Waals surface area contributed by atoms with Gasteiger partial charge in [0, 0.05) is 5.71 Å². The van der Waals surface area contributed by atoms with Crippen molar-refractivity contribution in [2.45, 2.75) is 52.9 Å². The van der Waals surface area contributed by atoms with Crippen LogP contribution in [0.1, 0.15) is 52.9 Å². The van der Waals surface area contributed by atoms with Gasteiger partial charge in [-0.2, -0.15) is 5.10 Å². The standard InChI is InChI=1S/C15H26N2O3S/c1-15(2,3)12-4-6-13(7-5-12)16-17-14(18)11-8-9-21(19,20)10-11/h11-12H,4-10H2,1-3H3,(H,17,18)/t11-,12?/m1/s1. The number of sulfone groups is 1. The van der Waals surface area contributed by atoms with Gasteiger partial charge < -0.3 is 0 Å². The minimum Gasteiger partial charge on any atom is -0.273 e. The minimum atomic E-state index is -3.02. The molecule has 6 heteroatoms. The molecule has 2 aliphatic rings. The van der Waals surface area contributed by atoms with Crippen molar-refractivity contribution in [1.29, 1.82) is 0 Å². The van der Waals surface area contributed by atoms with Gasteiger partial charge in [0.2, 0.25) is 5.91 Å². The zero-order valence-corrected chi connectivity index (χ0v) is 14.0. The summed E-state index contributed by atoms with van der Waals surface area (Å²) in [7, 11) is -3.02. The number of nitrogens with zero attached hydrogens (tertiary/aromatic N) is 1. The van der Waals surface area contributed by atoms with E-state index in [-0.39, 0.29) is 17.4 Å². The normalized spacial score (nSPS) is 29.2. The molecule has 0 bridgehead atoms. The Labute approximate surface area is 127 Å². The van der Waals surface area contributed by atoms with Crippen LogP contribution in [0.5, 0.6) is 0 Å². The lowest BCUT2D eigenvalue weighted by Crippen LogP contribution is -2.30. The Kier molecular flexibility index (Phi) is 4.76. The van der Waals surface area contributed by atoms with Crippen LogP contribution in [-0.4, -0.2) is 31.5 Å². The van der Waals surface area contributed by atoms with E-state index in [9.17, 15) is 13.2 Å². The van der Waals surface area contributed by atoms with Crippen LogP contribution in [0.4, 0.5) is 0 Å². The van der Waals surface area contributed by atoms with Crippen molar-refractivity contribution < 1.29 is 13.2 Å². The second-order valence-corrected chi connectivity index (χ2v) is 9.62. The van der Waals surface area contributed by atoms with Crippen molar-refractivity contribution >= 4 is 21.5 Å². The van der Waals surface area contributed by atoms with E-state index >= 15 is 0 Å². The Balaban J connectivity index is 1.82. The van der Waals surface area contributed by atoms with Crippen molar-refractivity contribution in [3.8, 4) is 0 Å². The molecule has 0 aromatic heterocycles. The van der Waals surface area contributed by atoms with Crippen molar-refractivity contribution in [3.05, 3.63) is 0 Å². The molecule has 1 amide bonds. The summed E-state index contributed by atoms with van der Waals surface area (Å²) in [6.45, 7) is 6.80. The highest BCUT2D eigenvalue weighted by atomic mass is 32.2. The molecule has 1 aliphatic heterocycles. The first kappa shape index (κ1) is 16.5. The summed E-state index contributed by atoms with van der Waals surface area (Å²) >= 11 is 0. The first-order valence-corrected chi connectivity index (χ1v) is 9.55. The van der Waals surface area contributed by atoms with E-state index in [1.807, 2.05) is 0 Å². The van der Waals surface area contributed by atoms with Gasteiger partial charge in [0.15, 0.2) is 9.84 Å². The Morgan fingerprint density at radius 3 is 2.29 bits per heavy atom. The monoisotopic (exact) mass is 314 g/mol. The highest BCUT2D eigenvalue weighted by molar-refractivity contribution is 7.91. The number of hydrogen-bond donors (Lipinski definition) is 1. The molecule has 1 atom stereocenters. The van der Waals surface area contributed by atoms with Crippen molar-refractivity contribution in [2.24, 2.45) is 22.4 Å². The molecule has 120 valence electrons. The fourth-order valence-electron chi connectivity index (χ4n) is 3.16. The average Bonchev–Trinajstić information content (AvgIpc) is 2.76. The van der Waals surface area contributed by atoms with E-state index < -0.39 is 15.8 Å². The third-order valence-electron chi connectivity index (χ3n) is 4.71. The van der Waals surface area contributed by atoms with Crippen LogP contribution >= 0.6 is 0 Å². The van der Waals surface area contributed by atoms with E-state index in [4.69, 9.17) is 0 Å². The first-order chi connectivity index (χ1) is 9.67. The summed E-state index contributed by atoms with van der Waals surface area (Å²) in [6.07, 6.45) is 4.48. The van der Waals surface area contributed by atoms with Gasteiger partial charge in [-0.1, -0.05) is 20.8 Å². The third kappa shape index (κ3) is 4.53. The summed E-state index contributed by atoms with van der Waals surface area (Å²) in [4.78, 5) is 11.9. The molecular formula is C15H26N2O3S. The van der Waals surface area contributed by atoms with Gasteiger partial charge in [-0.25, -0.2) is 13.8 Å². The molecule has 0 spiro atoms. The molecule has 1 saturated carbocycles. The van der Waals surface area contributed by atoms with E-state index in [0.717, 1.165) is 31.4 Å². The number of carbonyl (C=O) groups is 1. The van der Waals surface area contributed by atoms with Crippen LogP contribution in [0, 0.1) is 17.3 Å². The number of rotatable bonds is 2. The quantitative estimate of drug-likeness (QED) is 0.793. The zero-order valence-electron chi connectivity index (χ0n) is 13.2. The van der Waals surface area contributed by atoms with Crippen LogP contribution in [-0.2, 0) is 14.6 Å². The SMILES string of the molecule is CC(C)(C)C1CCC(=NNC(=O)[C@@H]2CCS(=O)(=O)C2)CC1. The van der Waals surface area contributed by atoms with Gasteiger partial charge in [-0.05, 0) is 43.4 Å². The second-order valence-electron chi connectivity index (χ2n) is 7.39. The number of hydrazone groups is 1. The molecule has 0 unspecified atom stereocenters. The topological polar surface area (TPSA) is 75.6 Å². The summed E-state index contributed by atoms with van der Waals surface area (Å²) in [5, 5.41) is 4.21. The fraction of sp³-hybridized carbons (Fsp3) is 0.867. The average molecular weight is 314 g/mol. The lowest BCUT2D eigenvalue weighted by Gasteiger charge is -2.34. The maximum absolute atomic E-state index is 11.9. The van der Waals surface area contributed by atoms with E-state index in [1.165, 1.54) is 0 Å². The second kappa shape index (κ2) is 6.07. The molecule has 1 N–H and O–H groups in total. The summed E-state index contributed by atoms with van der Waals surface area (Å²) in [5.41, 5.74) is 3.93.